The number of morpholine rings is 1. The van der Waals surface area contributed by atoms with E-state index >= 15 is 0 Å². The molecule has 8 heteroatoms. The predicted octanol–water partition coefficient (Wildman–Crippen LogP) is 2.77. The number of aromatic nitrogens is 3. The molecule has 1 unspecified atom stereocenters. The Morgan fingerprint density at radius 2 is 1.97 bits per heavy atom. The van der Waals surface area contributed by atoms with Crippen LogP contribution in [0.3, 0.4) is 0 Å². The summed E-state index contributed by atoms with van der Waals surface area (Å²) >= 11 is 0. The third-order valence-electron chi connectivity index (χ3n) is 5.89. The lowest BCUT2D eigenvalue weighted by Crippen LogP contribution is -2.48. The number of amides is 1. The van der Waals surface area contributed by atoms with Gasteiger partial charge in [0.1, 0.15) is 12.7 Å². The second kappa shape index (κ2) is 8.70. The van der Waals surface area contributed by atoms with Crippen molar-refractivity contribution in [2.45, 2.75) is 18.9 Å². The Bertz CT molecular complexity index is 1110. The minimum atomic E-state index is -0.192. The SMILES string of the molecule is CN(C)c1ccc(-c2cc3nccnc3c(OCC3CN(C(=O)C4CC4)CCO3)n2)cc1. The van der Waals surface area contributed by atoms with Crippen LogP contribution in [0.5, 0.6) is 5.88 Å². The summed E-state index contributed by atoms with van der Waals surface area (Å²) in [4.78, 5) is 30.0. The lowest BCUT2D eigenvalue weighted by molar-refractivity contribution is -0.141. The topological polar surface area (TPSA) is 80.7 Å². The number of ether oxygens (including phenoxy) is 2. The van der Waals surface area contributed by atoms with Gasteiger partial charge in [-0.25, -0.2) is 9.97 Å². The van der Waals surface area contributed by atoms with Gasteiger partial charge in [-0.15, -0.1) is 0 Å². The maximum Gasteiger partial charge on any atom is 0.242 e. The lowest BCUT2D eigenvalue weighted by Gasteiger charge is -2.32. The van der Waals surface area contributed by atoms with Crippen molar-refractivity contribution < 1.29 is 14.3 Å². The Hall–Kier alpha value is -3.26. The summed E-state index contributed by atoms with van der Waals surface area (Å²) in [7, 11) is 4.02. The number of hydrogen-bond donors (Lipinski definition) is 0. The van der Waals surface area contributed by atoms with E-state index < -0.39 is 0 Å². The molecule has 1 aliphatic carbocycles. The first-order chi connectivity index (χ1) is 15.6. The zero-order valence-corrected chi connectivity index (χ0v) is 18.4. The Morgan fingerprint density at radius 3 is 2.72 bits per heavy atom. The molecular formula is C24H27N5O3. The van der Waals surface area contributed by atoms with Crippen LogP contribution in [0.1, 0.15) is 12.8 Å². The maximum atomic E-state index is 12.4. The number of anilines is 1. The van der Waals surface area contributed by atoms with Crippen LogP contribution in [0.25, 0.3) is 22.3 Å². The van der Waals surface area contributed by atoms with Gasteiger partial charge in [-0.05, 0) is 31.0 Å². The van der Waals surface area contributed by atoms with E-state index in [1.165, 1.54) is 0 Å². The maximum absolute atomic E-state index is 12.4. The van der Waals surface area contributed by atoms with Gasteiger partial charge in [0.2, 0.25) is 11.8 Å². The van der Waals surface area contributed by atoms with Gasteiger partial charge in [0.15, 0.2) is 5.52 Å². The highest BCUT2D eigenvalue weighted by Crippen LogP contribution is 2.32. The molecule has 0 bridgehead atoms. The van der Waals surface area contributed by atoms with Crippen LogP contribution in [0.15, 0.2) is 42.7 Å². The predicted molar refractivity (Wildman–Crippen MR) is 122 cm³/mol. The van der Waals surface area contributed by atoms with Gasteiger partial charge >= 0.3 is 0 Å². The van der Waals surface area contributed by atoms with Crippen molar-refractivity contribution in [3.05, 3.63) is 42.7 Å². The van der Waals surface area contributed by atoms with Crippen LogP contribution < -0.4 is 9.64 Å². The molecule has 1 saturated carbocycles. The molecule has 3 aromatic rings. The van der Waals surface area contributed by atoms with Crippen LogP contribution >= 0.6 is 0 Å². The number of fused-ring (bicyclic) bond motifs is 1. The van der Waals surface area contributed by atoms with Gasteiger partial charge < -0.3 is 19.3 Å². The molecule has 1 atom stereocenters. The van der Waals surface area contributed by atoms with E-state index in [4.69, 9.17) is 14.5 Å². The van der Waals surface area contributed by atoms with Crippen molar-refractivity contribution in [1.82, 2.24) is 19.9 Å². The summed E-state index contributed by atoms with van der Waals surface area (Å²) in [6.07, 6.45) is 5.12. The van der Waals surface area contributed by atoms with Crippen LogP contribution in [0, 0.1) is 5.92 Å². The van der Waals surface area contributed by atoms with Gasteiger partial charge in [-0.1, -0.05) is 12.1 Å². The zero-order chi connectivity index (χ0) is 22.1. The highest BCUT2D eigenvalue weighted by Gasteiger charge is 2.35. The Kier molecular flexibility index (Phi) is 5.61. The van der Waals surface area contributed by atoms with Crippen molar-refractivity contribution in [2.24, 2.45) is 5.92 Å². The van der Waals surface area contributed by atoms with Crippen molar-refractivity contribution in [3.63, 3.8) is 0 Å². The molecule has 8 nitrogen and oxygen atoms in total. The molecule has 5 rings (SSSR count). The minimum absolute atomic E-state index is 0.192. The zero-order valence-electron chi connectivity index (χ0n) is 18.4. The first kappa shape index (κ1) is 20.6. The standard InChI is InChI=1S/C24H27N5O3/c1-28(2)18-7-5-16(6-8-18)20-13-21-22(26-10-9-25-21)23(27-20)32-15-19-14-29(11-12-31-19)24(30)17-3-4-17/h5-10,13,17,19H,3-4,11-12,14-15H2,1-2H3. The van der Waals surface area contributed by atoms with Gasteiger partial charge in [0, 0.05) is 50.2 Å². The molecule has 2 aromatic heterocycles. The quantitative estimate of drug-likeness (QED) is 0.591. The fourth-order valence-electron chi connectivity index (χ4n) is 3.90. The molecule has 3 heterocycles. The van der Waals surface area contributed by atoms with Gasteiger partial charge in [-0.3, -0.25) is 9.78 Å². The third kappa shape index (κ3) is 4.36. The number of benzene rings is 1. The van der Waals surface area contributed by atoms with Gasteiger partial charge in [-0.2, -0.15) is 0 Å². The highest BCUT2D eigenvalue weighted by molar-refractivity contribution is 5.83. The van der Waals surface area contributed by atoms with Crippen LogP contribution in [0.2, 0.25) is 0 Å². The second-order valence-electron chi connectivity index (χ2n) is 8.54. The summed E-state index contributed by atoms with van der Waals surface area (Å²) in [5.74, 6) is 0.888. The summed E-state index contributed by atoms with van der Waals surface area (Å²) in [6.45, 7) is 2.02. The Labute approximate surface area is 187 Å². The molecule has 1 aliphatic heterocycles. The average molecular weight is 434 g/mol. The number of carbonyl (C=O) groups is 1. The smallest absolute Gasteiger partial charge is 0.242 e. The summed E-state index contributed by atoms with van der Waals surface area (Å²) < 4.78 is 12.0. The molecule has 0 N–H and O–H groups in total. The summed E-state index contributed by atoms with van der Waals surface area (Å²) in [6, 6.07) is 10.1. The fourth-order valence-corrected chi connectivity index (χ4v) is 3.90. The van der Waals surface area contributed by atoms with Crippen molar-refractivity contribution in [1.29, 1.82) is 0 Å². The average Bonchev–Trinajstić information content (AvgIpc) is 3.68. The molecule has 0 spiro atoms. The third-order valence-corrected chi connectivity index (χ3v) is 5.89. The van der Waals surface area contributed by atoms with Crippen LogP contribution in [-0.4, -0.2) is 72.3 Å². The molecular weight excluding hydrogens is 406 g/mol. The second-order valence-corrected chi connectivity index (χ2v) is 8.54. The summed E-state index contributed by atoms with van der Waals surface area (Å²) in [5, 5.41) is 0. The van der Waals surface area contributed by atoms with Gasteiger partial charge in [0.25, 0.3) is 0 Å². The summed E-state index contributed by atoms with van der Waals surface area (Å²) in [5.41, 5.74) is 4.20. The molecule has 166 valence electrons. The van der Waals surface area contributed by atoms with Crippen LogP contribution in [0.4, 0.5) is 5.69 Å². The normalized spacial score (nSPS) is 18.6. The van der Waals surface area contributed by atoms with Crippen molar-refractivity contribution in [3.8, 4) is 17.1 Å². The highest BCUT2D eigenvalue weighted by atomic mass is 16.5. The van der Waals surface area contributed by atoms with E-state index in [0.29, 0.717) is 37.7 Å². The first-order valence-corrected chi connectivity index (χ1v) is 11.0. The first-order valence-electron chi connectivity index (χ1n) is 11.0. The Morgan fingerprint density at radius 1 is 1.19 bits per heavy atom. The molecule has 32 heavy (non-hydrogen) atoms. The number of rotatable bonds is 6. The van der Waals surface area contributed by atoms with E-state index in [1.54, 1.807) is 12.4 Å². The Balaban J connectivity index is 1.36. The largest absolute Gasteiger partial charge is 0.473 e. The van der Waals surface area contributed by atoms with E-state index in [2.05, 4.69) is 27.0 Å². The molecule has 0 radical (unpaired) electrons. The molecule has 2 aliphatic rings. The lowest BCUT2D eigenvalue weighted by atomic mass is 10.1. The van der Waals surface area contributed by atoms with E-state index in [9.17, 15) is 4.79 Å². The van der Waals surface area contributed by atoms with E-state index in [1.807, 2.05) is 37.2 Å². The molecule has 1 saturated heterocycles. The molecule has 2 fully saturated rings. The number of hydrogen-bond acceptors (Lipinski definition) is 7. The van der Waals surface area contributed by atoms with E-state index in [0.717, 1.165) is 35.3 Å². The number of nitrogens with zero attached hydrogens (tertiary/aromatic N) is 5. The van der Waals surface area contributed by atoms with Gasteiger partial charge in [0.05, 0.1) is 24.4 Å². The monoisotopic (exact) mass is 433 g/mol. The van der Waals surface area contributed by atoms with E-state index in [-0.39, 0.29) is 17.9 Å². The van der Waals surface area contributed by atoms with Crippen molar-refractivity contribution in [2.75, 3.05) is 45.3 Å². The van der Waals surface area contributed by atoms with Crippen LogP contribution in [-0.2, 0) is 9.53 Å². The molecule has 1 aromatic carbocycles. The minimum Gasteiger partial charge on any atom is -0.473 e. The fraction of sp³-hybridized carbons (Fsp3) is 0.417. The molecule has 1 amide bonds. The number of carbonyl (C=O) groups excluding carboxylic acids is 1. The van der Waals surface area contributed by atoms with Crippen molar-refractivity contribution >= 4 is 22.6 Å². The number of pyridine rings is 1.